The molecule has 1 N–H and O–H groups in total. The summed E-state index contributed by atoms with van der Waals surface area (Å²) in [5, 5.41) is 3.22. The largest absolute Gasteiger partial charge is 0.462 e. The number of amides is 1. The average Bonchev–Trinajstić information content (AvgIpc) is 2.91. The minimum Gasteiger partial charge on any atom is -0.462 e. The van der Waals surface area contributed by atoms with Crippen molar-refractivity contribution in [3.05, 3.63) is 28.2 Å². The Hall–Kier alpha value is -2.15. The number of nitrogens with one attached hydrogen (secondary N) is 1. The highest BCUT2D eigenvalue weighted by Crippen LogP contribution is 2.40. The summed E-state index contributed by atoms with van der Waals surface area (Å²) < 4.78 is 10.2. The van der Waals surface area contributed by atoms with E-state index in [-0.39, 0.29) is 6.61 Å². The highest BCUT2D eigenvalue weighted by atomic mass is 32.1. The molecule has 6 nitrogen and oxygen atoms in total. The number of thiophene rings is 1. The smallest absolute Gasteiger partial charge is 0.341 e. The zero-order valence-electron chi connectivity index (χ0n) is 15.6. The van der Waals surface area contributed by atoms with Crippen LogP contribution in [0.1, 0.15) is 54.9 Å². The number of hydrogen-bond donors (Lipinski definition) is 1. The molecule has 0 spiro atoms. The van der Waals surface area contributed by atoms with Crippen molar-refractivity contribution in [2.45, 2.75) is 53.1 Å². The number of hydrogen-bond acceptors (Lipinski definition) is 6. The molecule has 0 aromatic carbocycles. The summed E-state index contributed by atoms with van der Waals surface area (Å²) in [5.74, 6) is -0.936. The monoisotopic (exact) mass is 379 g/mol. The normalized spacial score (nSPS) is 17.5. The van der Waals surface area contributed by atoms with Crippen molar-refractivity contribution in [1.82, 2.24) is 0 Å². The molecule has 2 atom stereocenters. The van der Waals surface area contributed by atoms with Gasteiger partial charge in [0.2, 0.25) is 0 Å². The quantitative estimate of drug-likeness (QED) is 0.604. The Morgan fingerprint density at radius 2 is 2.12 bits per heavy atom. The summed E-state index contributed by atoms with van der Waals surface area (Å²) in [6.45, 7) is 7.38. The third-order valence-electron chi connectivity index (χ3n) is 4.19. The maximum atomic E-state index is 12.4. The van der Waals surface area contributed by atoms with Crippen LogP contribution >= 0.6 is 11.3 Å². The summed E-state index contributed by atoms with van der Waals surface area (Å²) in [6, 6.07) is 0. The van der Waals surface area contributed by atoms with E-state index in [9.17, 15) is 14.4 Å². The molecule has 1 aromatic heterocycles. The van der Waals surface area contributed by atoms with Gasteiger partial charge in [-0.1, -0.05) is 13.0 Å². The average molecular weight is 379 g/mol. The van der Waals surface area contributed by atoms with Gasteiger partial charge >= 0.3 is 11.9 Å². The molecule has 2 unspecified atom stereocenters. The summed E-state index contributed by atoms with van der Waals surface area (Å²) in [6.07, 6.45) is 4.50. The number of carbonyl (C=O) groups is 3. The van der Waals surface area contributed by atoms with Gasteiger partial charge in [-0.05, 0) is 51.5 Å². The second kappa shape index (κ2) is 8.98. The molecule has 0 radical (unpaired) electrons. The molecule has 0 saturated heterocycles. The van der Waals surface area contributed by atoms with E-state index in [0.29, 0.717) is 16.5 Å². The minimum atomic E-state index is -0.966. The number of rotatable bonds is 6. The van der Waals surface area contributed by atoms with Gasteiger partial charge in [-0.2, -0.15) is 0 Å². The number of fused-ring (bicyclic) bond motifs is 1. The van der Waals surface area contributed by atoms with Crippen molar-refractivity contribution < 1.29 is 23.9 Å². The van der Waals surface area contributed by atoms with Crippen LogP contribution in [0.5, 0.6) is 0 Å². The predicted octanol–water partition coefficient (Wildman–Crippen LogP) is 3.50. The number of esters is 2. The Labute approximate surface area is 157 Å². The Bertz CT molecular complexity index is 722. The Morgan fingerprint density at radius 1 is 1.38 bits per heavy atom. The fraction of sp³-hybridized carbons (Fsp3) is 0.526. The van der Waals surface area contributed by atoms with Crippen LogP contribution in [-0.4, -0.2) is 30.6 Å². The van der Waals surface area contributed by atoms with Crippen LogP contribution in [0.25, 0.3) is 0 Å². The Morgan fingerprint density at radius 3 is 2.77 bits per heavy atom. The zero-order chi connectivity index (χ0) is 19.3. The van der Waals surface area contributed by atoms with Gasteiger partial charge in [0.25, 0.3) is 5.91 Å². The maximum Gasteiger partial charge on any atom is 0.341 e. The highest BCUT2D eigenvalue weighted by molar-refractivity contribution is 7.17. The molecular formula is C19H25NO5S. The van der Waals surface area contributed by atoms with E-state index in [1.807, 2.05) is 0 Å². The van der Waals surface area contributed by atoms with Crippen molar-refractivity contribution in [2.75, 3.05) is 11.9 Å². The van der Waals surface area contributed by atoms with E-state index in [1.165, 1.54) is 24.3 Å². The predicted molar refractivity (Wildman–Crippen MR) is 100 cm³/mol. The van der Waals surface area contributed by atoms with Crippen LogP contribution in [0.4, 0.5) is 5.00 Å². The van der Waals surface area contributed by atoms with Crippen LogP contribution in [0.2, 0.25) is 0 Å². The van der Waals surface area contributed by atoms with E-state index in [1.54, 1.807) is 19.9 Å². The molecule has 1 amide bonds. The Kier molecular flexibility index (Phi) is 6.97. The molecular weight excluding hydrogens is 354 g/mol. The van der Waals surface area contributed by atoms with Crippen LogP contribution in [0.3, 0.4) is 0 Å². The minimum absolute atomic E-state index is 0.268. The van der Waals surface area contributed by atoms with E-state index in [0.717, 1.165) is 29.7 Å². The first-order valence-corrected chi connectivity index (χ1v) is 9.64. The summed E-state index contributed by atoms with van der Waals surface area (Å²) in [5.41, 5.74) is 1.42. The van der Waals surface area contributed by atoms with Crippen LogP contribution in [0.15, 0.2) is 12.2 Å². The lowest BCUT2D eigenvalue weighted by molar-refractivity contribution is -0.148. The molecule has 0 fully saturated rings. The van der Waals surface area contributed by atoms with Crippen LogP contribution in [-0.2, 0) is 31.9 Å². The molecule has 0 saturated carbocycles. The van der Waals surface area contributed by atoms with Gasteiger partial charge in [0, 0.05) is 11.0 Å². The van der Waals surface area contributed by atoms with Gasteiger partial charge < -0.3 is 14.8 Å². The van der Waals surface area contributed by atoms with Crippen molar-refractivity contribution in [2.24, 2.45) is 5.92 Å². The SMILES string of the molecule is CC=CC(=O)OC(C)C(=O)Nc1sc2c(c1C(=O)OCC)CCC(C)C2. The fourth-order valence-corrected chi connectivity index (χ4v) is 4.28. The van der Waals surface area contributed by atoms with Crippen molar-refractivity contribution in [1.29, 1.82) is 0 Å². The summed E-state index contributed by atoms with van der Waals surface area (Å²) >= 11 is 1.41. The van der Waals surface area contributed by atoms with E-state index in [2.05, 4.69) is 12.2 Å². The second-order valence-corrected chi connectivity index (χ2v) is 7.45. The van der Waals surface area contributed by atoms with Gasteiger partial charge in [-0.15, -0.1) is 11.3 Å². The van der Waals surface area contributed by atoms with E-state index < -0.39 is 23.9 Å². The van der Waals surface area contributed by atoms with Crippen molar-refractivity contribution in [3.63, 3.8) is 0 Å². The van der Waals surface area contributed by atoms with Crippen LogP contribution < -0.4 is 5.32 Å². The fourth-order valence-electron chi connectivity index (χ4n) is 2.87. The van der Waals surface area contributed by atoms with Gasteiger partial charge in [-0.3, -0.25) is 4.79 Å². The molecule has 1 heterocycles. The number of anilines is 1. The molecule has 2 rings (SSSR count). The second-order valence-electron chi connectivity index (χ2n) is 6.34. The third kappa shape index (κ3) is 4.72. The lowest BCUT2D eigenvalue weighted by Crippen LogP contribution is -2.29. The number of allylic oxidation sites excluding steroid dienone is 1. The first-order chi connectivity index (χ1) is 12.4. The number of carbonyl (C=O) groups excluding carboxylic acids is 3. The standard InChI is InChI=1S/C19H25NO5S/c1-5-7-15(21)25-12(4)17(22)20-18-16(19(23)24-6-2)13-9-8-11(3)10-14(13)26-18/h5,7,11-12H,6,8-10H2,1-4H3,(H,20,22). The van der Waals surface area contributed by atoms with Gasteiger partial charge in [0.15, 0.2) is 6.10 Å². The molecule has 142 valence electrons. The lowest BCUT2D eigenvalue weighted by atomic mass is 9.88. The van der Waals surface area contributed by atoms with Gasteiger partial charge in [-0.25, -0.2) is 9.59 Å². The maximum absolute atomic E-state index is 12.4. The molecule has 1 aromatic rings. The van der Waals surface area contributed by atoms with Gasteiger partial charge in [0.05, 0.1) is 12.2 Å². The molecule has 26 heavy (non-hydrogen) atoms. The summed E-state index contributed by atoms with van der Waals surface area (Å²) in [4.78, 5) is 37.5. The zero-order valence-corrected chi connectivity index (χ0v) is 16.4. The highest BCUT2D eigenvalue weighted by Gasteiger charge is 2.30. The molecule has 0 bridgehead atoms. The first kappa shape index (κ1) is 20.2. The van der Waals surface area contributed by atoms with E-state index in [4.69, 9.17) is 9.47 Å². The topological polar surface area (TPSA) is 81.7 Å². The third-order valence-corrected chi connectivity index (χ3v) is 5.36. The van der Waals surface area contributed by atoms with Crippen molar-refractivity contribution >= 4 is 34.2 Å². The molecule has 1 aliphatic rings. The Balaban J connectivity index is 2.23. The summed E-state index contributed by atoms with van der Waals surface area (Å²) in [7, 11) is 0. The van der Waals surface area contributed by atoms with Gasteiger partial charge in [0.1, 0.15) is 5.00 Å². The molecule has 7 heteroatoms. The van der Waals surface area contributed by atoms with Crippen LogP contribution in [0, 0.1) is 5.92 Å². The number of ether oxygens (including phenoxy) is 2. The van der Waals surface area contributed by atoms with Crippen molar-refractivity contribution in [3.8, 4) is 0 Å². The molecule has 1 aliphatic carbocycles. The molecule has 0 aliphatic heterocycles. The first-order valence-electron chi connectivity index (χ1n) is 8.83. The lowest BCUT2D eigenvalue weighted by Gasteiger charge is -2.18. The van der Waals surface area contributed by atoms with E-state index >= 15 is 0 Å².